The van der Waals surface area contributed by atoms with Gasteiger partial charge in [0.05, 0.1) is 23.5 Å². The third-order valence-electron chi connectivity index (χ3n) is 4.99. The fourth-order valence-corrected chi connectivity index (χ4v) is 5.28. The first-order valence-corrected chi connectivity index (χ1v) is 12.9. The normalized spacial score (nSPS) is 11.4. The lowest BCUT2D eigenvalue weighted by Gasteiger charge is -2.05. The molecule has 172 valence electrons. The van der Waals surface area contributed by atoms with E-state index in [4.69, 9.17) is 4.74 Å². The monoisotopic (exact) mass is 490 g/mol. The minimum atomic E-state index is -3.44. The first kappa shape index (κ1) is 23.4. The van der Waals surface area contributed by atoms with Crippen molar-refractivity contribution in [3.63, 3.8) is 0 Å². The van der Waals surface area contributed by atoms with Gasteiger partial charge in [0.15, 0.2) is 15.0 Å². The molecule has 34 heavy (non-hydrogen) atoms. The van der Waals surface area contributed by atoms with Crippen molar-refractivity contribution >= 4 is 38.3 Å². The molecule has 4 aromatic rings. The van der Waals surface area contributed by atoms with Gasteiger partial charge in [0.25, 0.3) is 0 Å². The van der Waals surface area contributed by atoms with E-state index in [0.717, 1.165) is 22.6 Å². The number of aromatic nitrogens is 1. The number of sulfone groups is 1. The van der Waals surface area contributed by atoms with Crippen LogP contribution in [0.25, 0.3) is 17.3 Å². The lowest BCUT2D eigenvalue weighted by molar-refractivity contribution is -0.111. The predicted molar refractivity (Wildman–Crippen MR) is 136 cm³/mol. The number of thiazole rings is 1. The van der Waals surface area contributed by atoms with Gasteiger partial charge in [-0.3, -0.25) is 10.1 Å². The molecule has 8 heteroatoms. The van der Waals surface area contributed by atoms with Crippen LogP contribution in [-0.2, 0) is 20.4 Å². The van der Waals surface area contributed by atoms with Crippen LogP contribution < -0.4 is 10.1 Å². The number of carbonyl (C=O) groups is 1. The van der Waals surface area contributed by atoms with E-state index in [2.05, 4.69) is 10.3 Å². The summed E-state index contributed by atoms with van der Waals surface area (Å²) in [4.78, 5) is 17.0. The fraction of sp³-hybridized carbons (Fsp3) is 0.0769. The van der Waals surface area contributed by atoms with Crippen molar-refractivity contribution in [2.45, 2.75) is 10.6 Å². The van der Waals surface area contributed by atoms with Crippen molar-refractivity contribution in [2.75, 3.05) is 12.4 Å². The predicted octanol–water partition coefficient (Wildman–Crippen LogP) is 5.44. The summed E-state index contributed by atoms with van der Waals surface area (Å²) >= 11 is 1.33. The van der Waals surface area contributed by atoms with E-state index in [9.17, 15) is 13.2 Å². The van der Waals surface area contributed by atoms with Gasteiger partial charge in [-0.2, -0.15) is 0 Å². The Bertz CT molecular complexity index is 1390. The van der Waals surface area contributed by atoms with Crippen LogP contribution in [0.2, 0.25) is 0 Å². The average molecular weight is 491 g/mol. The van der Waals surface area contributed by atoms with E-state index in [-0.39, 0.29) is 16.6 Å². The van der Waals surface area contributed by atoms with Gasteiger partial charge in [-0.15, -0.1) is 11.3 Å². The lowest BCUT2D eigenvalue weighted by Crippen LogP contribution is -2.07. The topological polar surface area (TPSA) is 85.4 Å². The van der Waals surface area contributed by atoms with Crippen LogP contribution in [0.15, 0.2) is 95.2 Å². The Morgan fingerprint density at radius 1 is 1.00 bits per heavy atom. The smallest absolute Gasteiger partial charge is 0.250 e. The van der Waals surface area contributed by atoms with E-state index in [1.165, 1.54) is 17.4 Å². The van der Waals surface area contributed by atoms with Crippen molar-refractivity contribution < 1.29 is 17.9 Å². The number of methoxy groups -OCH3 is 1. The zero-order valence-electron chi connectivity index (χ0n) is 18.3. The summed E-state index contributed by atoms with van der Waals surface area (Å²) in [5, 5.41) is 5.11. The van der Waals surface area contributed by atoms with E-state index in [1.807, 2.05) is 47.8 Å². The number of hydrogen-bond donors (Lipinski definition) is 1. The molecule has 0 aliphatic carbocycles. The Morgan fingerprint density at radius 2 is 1.71 bits per heavy atom. The maximum absolute atomic E-state index is 12.6. The third kappa shape index (κ3) is 5.98. The Labute approximate surface area is 202 Å². The molecule has 0 fully saturated rings. The summed E-state index contributed by atoms with van der Waals surface area (Å²) in [6.07, 6.45) is 3.02. The summed E-state index contributed by atoms with van der Waals surface area (Å²) in [7, 11) is -1.83. The highest BCUT2D eigenvalue weighted by Crippen LogP contribution is 2.26. The number of ether oxygens (including phenoxy) is 1. The first-order chi connectivity index (χ1) is 16.4. The van der Waals surface area contributed by atoms with E-state index in [1.54, 1.807) is 49.6 Å². The Kier molecular flexibility index (Phi) is 7.20. The van der Waals surface area contributed by atoms with Crippen LogP contribution in [0.5, 0.6) is 5.75 Å². The van der Waals surface area contributed by atoms with Crippen LogP contribution in [-0.4, -0.2) is 26.4 Å². The van der Waals surface area contributed by atoms with Crippen molar-refractivity contribution in [3.8, 4) is 17.0 Å². The summed E-state index contributed by atoms with van der Waals surface area (Å²) in [5.74, 6) is 0.383. The van der Waals surface area contributed by atoms with Gasteiger partial charge in [-0.05, 0) is 53.6 Å². The van der Waals surface area contributed by atoms with Gasteiger partial charge in [0, 0.05) is 17.0 Å². The second-order valence-electron chi connectivity index (χ2n) is 7.40. The Morgan fingerprint density at radius 3 is 2.38 bits per heavy atom. The molecule has 3 aromatic carbocycles. The molecule has 0 saturated heterocycles. The maximum Gasteiger partial charge on any atom is 0.250 e. The Balaban J connectivity index is 1.36. The molecular weight excluding hydrogens is 468 g/mol. The van der Waals surface area contributed by atoms with Gasteiger partial charge in [0.1, 0.15) is 5.75 Å². The largest absolute Gasteiger partial charge is 0.497 e. The highest BCUT2D eigenvalue weighted by atomic mass is 32.2. The molecule has 0 aliphatic rings. The van der Waals surface area contributed by atoms with E-state index < -0.39 is 9.84 Å². The number of hydrogen-bond acceptors (Lipinski definition) is 6. The highest BCUT2D eigenvalue weighted by molar-refractivity contribution is 7.90. The molecule has 1 N–H and O–H groups in total. The van der Waals surface area contributed by atoms with Crippen LogP contribution in [0.3, 0.4) is 0 Å². The molecule has 0 spiro atoms. The molecule has 1 amide bonds. The zero-order chi connectivity index (χ0) is 24.0. The number of carbonyl (C=O) groups excluding carboxylic acids is 1. The number of anilines is 1. The number of nitrogens with zero attached hydrogens (tertiary/aromatic N) is 1. The molecule has 0 radical (unpaired) electrons. The quantitative estimate of drug-likeness (QED) is 0.332. The van der Waals surface area contributed by atoms with Crippen molar-refractivity contribution in [2.24, 2.45) is 0 Å². The minimum absolute atomic E-state index is 0.0578. The summed E-state index contributed by atoms with van der Waals surface area (Å²) < 4.78 is 30.4. The molecule has 0 saturated carbocycles. The summed E-state index contributed by atoms with van der Waals surface area (Å²) in [6.45, 7) is 0. The molecule has 1 aromatic heterocycles. The van der Waals surface area contributed by atoms with Crippen LogP contribution in [0.1, 0.15) is 11.1 Å². The van der Waals surface area contributed by atoms with E-state index >= 15 is 0 Å². The molecule has 6 nitrogen and oxygen atoms in total. The second-order valence-corrected chi connectivity index (χ2v) is 10.3. The van der Waals surface area contributed by atoms with Crippen molar-refractivity contribution in [1.29, 1.82) is 0 Å². The van der Waals surface area contributed by atoms with Gasteiger partial charge in [-0.1, -0.05) is 42.5 Å². The Hall–Kier alpha value is -3.75. The molecule has 1 heterocycles. The highest BCUT2D eigenvalue weighted by Gasteiger charge is 2.15. The first-order valence-electron chi connectivity index (χ1n) is 10.4. The van der Waals surface area contributed by atoms with Crippen molar-refractivity contribution in [1.82, 2.24) is 4.98 Å². The van der Waals surface area contributed by atoms with Gasteiger partial charge in [0.2, 0.25) is 5.91 Å². The average Bonchev–Trinajstić information content (AvgIpc) is 3.32. The number of amides is 1. The van der Waals surface area contributed by atoms with Gasteiger partial charge < -0.3 is 4.74 Å². The third-order valence-corrected chi connectivity index (χ3v) is 7.45. The van der Waals surface area contributed by atoms with Crippen LogP contribution >= 0.6 is 11.3 Å². The number of rotatable bonds is 8. The SMILES string of the molecule is COc1ccc(-c2csc(NC(=O)/C=C\c3ccc(S(=O)(=O)Cc4ccccc4)cc3)n2)cc1. The second kappa shape index (κ2) is 10.5. The molecule has 0 aliphatic heterocycles. The summed E-state index contributed by atoms with van der Waals surface area (Å²) in [6, 6.07) is 23.0. The van der Waals surface area contributed by atoms with Crippen LogP contribution in [0.4, 0.5) is 5.13 Å². The molecule has 0 bridgehead atoms. The lowest BCUT2D eigenvalue weighted by atomic mass is 10.2. The molecule has 0 unspecified atom stereocenters. The minimum Gasteiger partial charge on any atom is -0.497 e. The molecule has 4 rings (SSSR count). The fourth-order valence-electron chi connectivity index (χ4n) is 3.21. The van der Waals surface area contributed by atoms with Gasteiger partial charge in [-0.25, -0.2) is 13.4 Å². The zero-order valence-corrected chi connectivity index (χ0v) is 20.0. The number of nitrogens with one attached hydrogen (secondary N) is 1. The summed E-state index contributed by atoms with van der Waals surface area (Å²) in [5.41, 5.74) is 3.14. The molecular formula is C26H22N2O4S2. The number of benzene rings is 3. The van der Waals surface area contributed by atoms with Crippen molar-refractivity contribution in [3.05, 3.63) is 101 Å². The van der Waals surface area contributed by atoms with E-state index in [0.29, 0.717) is 10.7 Å². The van der Waals surface area contributed by atoms with Gasteiger partial charge >= 0.3 is 0 Å². The maximum atomic E-state index is 12.6. The standard InChI is InChI=1S/C26H22N2O4S2/c1-32-22-12-10-21(11-13-22)24-17-33-26(27-24)28-25(29)16-9-19-7-14-23(15-8-19)34(30,31)18-20-5-3-2-4-6-20/h2-17H,18H2,1H3,(H,27,28,29)/b16-9-. The van der Waals surface area contributed by atoms with Crippen LogP contribution in [0, 0.1) is 0 Å². The molecule has 0 atom stereocenters.